The Morgan fingerprint density at radius 1 is 1.33 bits per heavy atom. The van der Waals surface area contributed by atoms with Crippen LogP contribution in [0.5, 0.6) is 0 Å². The maximum atomic E-state index is 12.4. The number of aryl methyl sites for hydroxylation is 1. The predicted octanol–water partition coefficient (Wildman–Crippen LogP) is 2.58. The van der Waals surface area contributed by atoms with Crippen LogP contribution in [-0.2, 0) is 0 Å². The van der Waals surface area contributed by atoms with E-state index in [1.807, 2.05) is 30.0 Å². The van der Waals surface area contributed by atoms with Crippen LogP contribution in [0, 0.1) is 6.92 Å². The van der Waals surface area contributed by atoms with Gasteiger partial charge in [0.25, 0.3) is 5.91 Å². The highest BCUT2D eigenvalue weighted by molar-refractivity contribution is 9.10. The Morgan fingerprint density at radius 2 is 1.94 bits per heavy atom. The second kappa shape index (κ2) is 5.41. The first-order valence-electron chi connectivity index (χ1n) is 6.29. The number of nitrogens with zero attached hydrogens (tertiary/aromatic N) is 1. The van der Waals surface area contributed by atoms with Gasteiger partial charge in [-0.1, -0.05) is 15.9 Å². The van der Waals surface area contributed by atoms with Crippen molar-refractivity contribution in [3.8, 4) is 0 Å². The number of amides is 1. The zero-order chi connectivity index (χ0) is 13.3. The van der Waals surface area contributed by atoms with Gasteiger partial charge in [0.05, 0.1) is 0 Å². The Bertz CT molecular complexity index is 451. The fourth-order valence-corrected chi connectivity index (χ4v) is 2.70. The lowest BCUT2D eigenvalue weighted by Gasteiger charge is -2.36. The lowest BCUT2D eigenvalue weighted by molar-refractivity contribution is 0.0673. The zero-order valence-corrected chi connectivity index (χ0v) is 12.6. The standard InChI is InChI=1S/C14H19BrN2O/c1-9-6-12(4-5-13(9)15)14(18)17-7-10(2)16-11(3)8-17/h4-6,10-11,16H,7-8H2,1-3H3. The zero-order valence-electron chi connectivity index (χ0n) is 11.0. The number of carbonyl (C=O) groups excluding carboxylic acids is 1. The molecule has 1 saturated heterocycles. The fraction of sp³-hybridized carbons (Fsp3) is 0.500. The van der Waals surface area contributed by atoms with E-state index >= 15 is 0 Å². The SMILES string of the molecule is Cc1cc(C(=O)N2CC(C)NC(C)C2)ccc1Br. The van der Waals surface area contributed by atoms with Gasteiger partial charge in [0.1, 0.15) is 0 Å². The van der Waals surface area contributed by atoms with E-state index in [1.165, 1.54) is 0 Å². The van der Waals surface area contributed by atoms with Crippen molar-refractivity contribution in [2.24, 2.45) is 0 Å². The van der Waals surface area contributed by atoms with Crippen LogP contribution >= 0.6 is 15.9 Å². The largest absolute Gasteiger partial charge is 0.336 e. The van der Waals surface area contributed by atoms with E-state index in [9.17, 15) is 4.79 Å². The van der Waals surface area contributed by atoms with Crippen molar-refractivity contribution < 1.29 is 4.79 Å². The summed E-state index contributed by atoms with van der Waals surface area (Å²) >= 11 is 3.46. The predicted molar refractivity (Wildman–Crippen MR) is 76.8 cm³/mol. The van der Waals surface area contributed by atoms with Gasteiger partial charge in [-0.05, 0) is 44.5 Å². The second-order valence-corrected chi connectivity index (χ2v) is 6.00. The third-order valence-corrected chi connectivity index (χ3v) is 4.14. The molecule has 1 aliphatic heterocycles. The van der Waals surface area contributed by atoms with Gasteiger partial charge in [-0.3, -0.25) is 4.79 Å². The molecule has 18 heavy (non-hydrogen) atoms. The van der Waals surface area contributed by atoms with Crippen LogP contribution in [0.25, 0.3) is 0 Å². The topological polar surface area (TPSA) is 32.3 Å². The maximum Gasteiger partial charge on any atom is 0.253 e. The van der Waals surface area contributed by atoms with Crippen LogP contribution in [0.15, 0.2) is 22.7 Å². The average Bonchev–Trinajstić information content (AvgIpc) is 2.30. The van der Waals surface area contributed by atoms with Crippen molar-refractivity contribution in [1.82, 2.24) is 10.2 Å². The molecule has 0 aromatic heterocycles. The van der Waals surface area contributed by atoms with Crippen molar-refractivity contribution in [2.75, 3.05) is 13.1 Å². The molecule has 0 saturated carbocycles. The molecule has 1 N–H and O–H groups in total. The highest BCUT2D eigenvalue weighted by Crippen LogP contribution is 2.19. The van der Waals surface area contributed by atoms with Crippen molar-refractivity contribution in [3.63, 3.8) is 0 Å². The van der Waals surface area contributed by atoms with Crippen LogP contribution in [0.2, 0.25) is 0 Å². The summed E-state index contributed by atoms with van der Waals surface area (Å²) in [6, 6.07) is 6.49. The summed E-state index contributed by atoms with van der Waals surface area (Å²) in [4.78, 5) is 14.4. The molecule has 1 heterocycles. The molecule has 2 rings (SSSR count). The summed E-state index contributed by atoms with van der Waals surface area (Å²) in [5.41, 5.74) is 1.87. The van der Waals surface area contributed by atoms with Gasteiger partial charge in [-0.15, -0.1) is 0 Å². The van der Waals surface area contributed by atoms with Crippen molar-refractivity contribution in [3.05, 3.63) is 33.8 Å². The minimum Gasteiger partial charge on any atom is -0.336 e. The molecule has 2 unspecified atom stereocenters. The minimum absolute atomic E-state index is 0.130. The summed E-state index contributed by atoms with van der Waals surface area (Å²) < 4.78 is 1.04. The molecule has 0 spiro atoms. The molecule has 0 radical (unpaired) electrons. The first-order chi connectivity index (χ1) is 8.47. The summed E-state index contributed by atoms with van der Waals surface area (Å²) in [5, 5.41) is 3.43. The molecule has 1 fully saturated rings. The van der Waals surface area contributed by atoms with E-state index in [4.69, 9.17) is 0 Å². The number of hydrogen-bond donors (Lipinski definition) is 1. The second-order valence-electron chi connectivity index (χ2n) is 5.14. The Kier molecular flexibility index (Phi) is 4.07. The quantitative estimate of drug-likeness (QED) is 0.864. The number of halogens is 1. The van der Waals surface area contributed by atoms with Crippen LogP contribution in [-0.4, -0.2) is 36.0 Å². The molecule has 1 amide bonds. The van der Waals surface area contributed by atoms with E-state index in [1.54, 1.807) is 0 Å². The van der Waals surface area contributed by atoms with E-state index in [2.05, 4.69) is 35.1 Å². The molecular weight excluding hydrogens is 292 g/mol. The molecule has 1 aliphatic rings. The third-order valence-electron chi connectivity index (χ3n) is 3.25. The van der Waals surface area contributed by atoms with E-state index in [0.29, 0.717) is 12.1 Å². The third kappa shape index (κ3) is 2.93. The van der Waals surface area contributed by atoms with Gasteiger partial charge in [-0.2, -0.15) is 0 Å². The Morgan fingerprint density at radius 3 is 2.50 bits per heavy atom. The molecule has 0 aliphatic carbocycles. The Labute approximate surface area is 117 Å². The molecule has 2 atom stereocenters. The van der Waals surface area contributed by atoms with Gasteiger partial charge in [0.2, 0.25) is 0 Å². The normalized spacial score (nSPS) is 24.1. The number of carbonyl (C=O) groups is 1. The molecule has 98 valence electrons. The van der Waals surface area contributed by atoms with Gasteiger partial charge in [0, 0.05) is 35.2 Å². The summed E-state index contributed by atoms with van der Waals surface area (Å²) in [5.74, 6) is 0.130. The summed E-state index contributed by atoms with van der Waals surface area (Å²) in [6.07, 6.45) is 0. The minimum atomic E-state index is 0.130. The lowest BCUT2D eigenvalue weighted by atomic mass is 10.1. The van der Waals surface area contributed by atoms with Gasteiger partial charge >= 0.3 is 0 Å². The molecular formula is C14H19BrN2O. The number of rotatable bonds is 1. The molecule has 4 heteroatoms. The van der Waals surface area contributed by atoms with Crippen LogP contribution in [0.3, 0.4) is 0 Å². The van der Waals surface area contributed by atoms with E-state index in [0.717, 1.165) is 28.7 Å². The smallest absolute Gasteiger partial charge is 0.253 e. The Hall–Kier alpha value is -0.870. The van der Waals surface area contributed by atoms with Crippen LogP contribution in [0.4, 0.5) is 0 Å². The van der Waals surface area contributed by atoms with Gasteiger partial charge < -0.3 is 10.2 Å². The van der Waals surface area contributed by atoms with Crippen LogP contribution in [0.1, 0.15) is 29.8 Å². The Balaban J connectivity index is 2.17. The van der Waals surface area contributed by atoms with Crippen molar-refractivity contribution in [2.45, 2.75) is 32.9 Å². The molecule has 3 nitrogen and oxygen atoms in total. The first kappa shape index (κ1) is 13.6. The number of piperazine rings is 1. The number of nitrogens with one attached hydrogen (secondary N) is 1. The average molecular weight is 311 g/mol. The fourth-order valence-electron chi connectivity index (χ4n) is 2.45. The molecule has 1 aromatic rings. The van der Waals surface area contributed by atoms with E-state index < -0.39 is 0 Å². The first-order valence-corrected chi connectivity index (χ1v) is 7.08. The lowest BCUT2D eigenvalue weighted by Crippen LogP contribution is -2.55. The monoisotopic (exact) mass is 310 g/mol. The maximum absolute atomic E-state index is 12.4. The molecule has 1 aromatic carbocycles. The highest BCUT2D eigenvalue weighted by Gasteiger charge is 2.25. The molecule has 0 bridgehead atoms. The summed E-state index contributed by atoms with van der Waals surface area (Å²) in [6.45, 7) is 7.78. The van der Waals surface area contributed by atoms with Gasteiger partial charge in [0.15, 0.2) is 0 Å². The number of hydrogen-bond acceptors (Lipinski definition) is 2. The number of benzene rings is 1. The van der Waals surface area contributed by atoms with Gasteiger partial charge in [-0.25, -0.2) is 0 Å². The van der Waals surface area contributed by atoms with Crippen molar-refractivity contribution >= 4 is 21.8 Å². The highest BCUT2D eigenvalue weighted by atomic mass is 79.9. The summed E-state index contributed by atoms with van der Waals surface area (Å²) in [7, 11) is 0. The van der Waals surface area contributed by atoms with E-state index in [-0.39, 0.29) is 5.91 Å². The van der Waals surface area contributed by atoms with Crippen LogP contribution < -0.4 is 5.32 Å². The van der Waals surface area contributed by atoms with Crippen molar-refractivity contribution in [1.29, 1.82) is 0 Å².